The van der Waals surface area contributed by atoms with Crippen LogP contribution in [0.25, 0.3) is 0 Å². The zero-order valence-corrected chi connectivity index (χ0v) is 7.85. The van der Waals surface area contributed by atoms with Gasteiger partial charge in [0.2, 0.25) is 0 Å². The van der Waals surface area contributed by atoms with Crippen molar-refractivity contribution >= 4 is 11.9 Å². The minimum Gasteiger partial charge on any atom is -0.312 e. The summed E-state index contributed by atoms with van der Waals surface area (Å²) in [5.41, 5.74) is 0. The Morgan fingerprint density at radius 2 is 1.40 bits per heavy atom. The molecule has 0 aliphatic carbocycles. The summed E-state index contributed by atoms with van der Waals surface area (Å²) in [7, 11) is 0. The Kier molecular flexibility index (Phi) is 11.5. The Balaban J connectivity index is 0. The van der Waals surface area contributed by atoms with Gasteiger partial charge in [-0.25, -0.2) is 4.21 Å². The molecule has 0 rings (SSSR count). The molecule has 2 N–H and O–H groups in total. The topological polar surface area (TPSA) is 49.3 Å². The van der Waals surface area contributed by atoms with E-state index in [4.69, 9.17) is 8.76 Å². The lowest BCUT2D eigenvalue weighted by Crippen LogP contribution is -2.29. The second kappa shape index (κ2) is 9.07. The summed E-state index contributed by atoms with van der Waals surface area (Å²) in [4.78, 5) is 0. The third kappa shape index (κ3) is 24.4. The van der Waals surface area contributed by atoms with E-state index in [2.05, 4.69) is 33.0 Å². The molecular formula is C6H17NO2S. The van der Waals surface area contributed by atoms with Crippen molar-refractivity contribution in [3.05, 3.63) is 0 Å². The van der Waals surface area contributed by atoms with Crippen molar-refractivity contribution in [3.8, 4) is 0 Å². The van der Waals surface area contributed by atoms with Crippen molar-refractivity contribution in [2.75, 3.05) is 0 Å². The van der Waals surface area contributed by atoms with Crippen molar-refractivity contribution in [3.63, 3.8) is 0 Å². The molecule has 0 atom stereocenters. The first kappa shape index (κ1) is 12.7. The maximum absolute atomic E-state index is 8.46. The van der Waals surface area contributed by atoms with Crippen molar-refractivity contribution in [1.82, 2.24) is 5.32 Å². The van der Waals surface area contributed by atoms with Crippen LogP contribution in [-0.4, -0.2) is 20.8 Å². The van der Waals surface area contributed by atoms with Crippen molar-refractivity contribution in [2.24, 2.45) is 0 Å². The van der Waals surface area contributed by atoms with Crippen LogP contribution in [0, 0.1) is 0 Å². The van der Waals surface area contributed by atoms with Crippen molar-refractivity contribution in [1.29, 1.82) is 0 Å². The molecule has 10 heavy (non-hydrogen) atoms. The molecular weight excluding hydrogens is 150 g/mol. The SMILES string of the molecule is CC(C)NC(C)C.O=[SH]O. The minimum atomic E-state index is -0.833. The average Bonchev–Trinajstić information content (AvgIpc) is 1.62. The molecule has 0 aromatic carbocycles. The molecule has 0 aliphatic rings. The van der Waals surface area contributed by atoms with Gasteiger partial charge in [-0.15, -0.1) is 0 Å². The fraction of sp³-hybridized carbons (Fsp3) is 1.00. The maximum Gasteiger partial charge on any atom is 0.139 e. The largest absolute Gasteiger partial charge is 0.312 e. The Morgan fingerprint density at radius 1 is 1.20 bits per heavy atom. The lowest BCUT2D eigenvalue weighted by molar-refractivity contribution is 0.518. The highest BCUT2D eigenvalue weighted by Gasteiger charge is 1.92. The number of thiol groups is 1. The van der Waals surface area contributed by atoms with E-state index in [1.54, 1.807) is 0 Å². The van der Waals surface area contributed by atoms with E-state index in [1.165, 1.54) is 0 Å². The smallest absolute Gasteiger partial charge is 0.139 e. The Morgan fingerprint density at radius 3 is 1.40 bits per heavy atom. The normalized spacial score (nSPS) is 9.50. The molecule has 0 amide bonds. The summed E-state index contributed by atoms with van der Waals surface area (Å²) in [5, 5.41) is 3.31. The van der Waals surface area contributed by atoms with Gasteiger partial charge in [-0.3, -0.25) is 0 Å². The van der Waals surface area contributed by atoms with Gasteiger partial charge < -0.3 is 9.87 Å². The molecule has 0 aromatic heterocycles. The molecule has 0 aromatic rings. The molecule has 64 valence electrons. The first-order chi connectivity index (χ1) is 4.54. The third-order valence-electron chi connectivity index (χ3n) is 0.667. The third-order valence-corrected chi connectivity index (χ3v) is 0.667. The summed E-state index contributed by atoms with van der Waals surface area (Å²) < 4.78 is 15.4. The average molecular weight is 167 g/mol. The van der Waals surface area contributed by atoms with Crippen LogP contribution in [0.1, 0.15) is 27.7 Å². The van der Waals surface area contributed by atoms with Gasteiger partial charge in [0.05, 0.1) is 0 Å². The second-order valence-electron chi connectivity index (χ2n) is 2.56. The van der Waals surface area contributed by atoms with E-state index >= 15 is 0 Å². The standard InChI is InChI=1S/C6H15N.H2O2S/c1-5(2)7-6(3)4;1-3-2/h5-7H,1-4H3;3H,(H,1,2). The first-order valence-electron chi connectivity index (χ1n) is 3.27. The molecule has 0 saturated carbocycles. The highest BCUT2D eigenvalue weighted by molar-refractivity contribution is 7.59. The molecule has 0 radical (unpaired) electrons. The van der Waals surface area contributed by atoms with Gasteiger partial charge in [0.15, 0.2) is 0 Å². The van der Waals surface area contributed by atoms with Crippen LogP contribution < -0.4 is 5.32 Å². The van der Waals surface area contributed by atoms with Gasteiger partial charge in [-0.2, -0.15) is 0 Å². The predicted octanol–water partition coefficient (Wildman–Crippen LogP) is 0.797. The summed E-state index contributed by atoms with van der Waals surface area (Å²) in [6.45, 7) is 8.61. The monoisotopic (exact) mass is 167 g/mol. The fourth-order valence-corrected chi connectivity index (χ4v) is 0.667. The quantitative estimate of drug-likeness (QED) is 0.421. The van der Waals surface area contributed by atoms with Crippen LogP contribution >= 0.6 is 0 Å². The second-order valence-corrected chi connectivity index (χ2v) is 2.72. The highest BCUT2D eigenvalue weighted by Crippen LogP contribution is 1.80. The molecule has 3 nitrogen and oxygen atoms in total. The van der Waals surface area contributed by atoms with Crippen LogP contribution in [0.15, 0.2) is 0 Å². The van der Waals surface area contributed by atoms with Crippen LogP contribution in [0.5, 0.6) is 0 Å². The Hall–Kier alpha value is 0.0700. The van der Waals surface area contributed by atoms with Crippen molar-refractivity contribution < 1.29 is 8.76 Å². The van der Waals surface area contributed by atoms with Gasteiger partial charge >= 0.3 is 0 Å². The molecule has 0 bridgehead atoms. The maximum atomic E-state index is 8.46. The highest BCUT2D eigenvalue weighted by atomic mass is 32.2. The number of nitrogens with one attached hydrogen (secondary N) is 1. The van der Waals surface area contributed by atoms with Crippen LogP contribution in [-0.2, 0) is 11.9 Å². The van der Waals surface area contributed by atoms with E-state index < -0.39 is 11.9 Å². The lowest BCUT2D eigenvalue weighted by Gasteiger charge is -2.10. The van der Waals surface area contributed by atoms with E-state index in [0.29, 0.717) is 12.1 Å². The van der Waals surface area contributed by atoms with Gasteiger partial charge in [0, 0.05) is 12.1 Å². The zero-order valence-electron chi connectivity index (χ0n) is 6.96. The van der Waals surface area contributed by atoms with E-state index in [0.717, 1.165) is 0 Å². The van der Waals surface area contributed by atoms with E-state index in [9.17, 15) is 0 Å². The number of hydrogen-bond acceptors (Lipinski definition) is 2. The minimum absolute atomic E-state index is 0.625. The number of hydrogen-bond donors (Lipinski definition) is 3. The van der Waals surface area contributed by atoms with Crippen LogP contribution in [0.2, 0.25) is 0 Å². The van der Waals surface area contributed by atoms with Crippen LogP contribution in [0.4, 0.5) is 0 Å². The summed E-state index contributed by atoms with van der Waals surface area (Å²) >= 11 is -0.833. The molecule has 0 heterocycles. The van der Waals surface area contributed by atoms with Crippen LogP contribution in [0.3, 0.4) is 0 Å². The van der Waals surface area contributed by atoms with Gasteiger partial charge in [0.1, 0.15) is 11.9 Å². The van der Waals surface area contributed by atoms with E-state index in [1.807, 2.05) is 0 Å². The zero-order chi connectivity index (χ0) is 8.57. The van der Waals surface area contributed by atoms with Gasteiger partial charge in [-0.05, 0) is 0 Å². The number of rotatable bonds is 2. The fourth-order valence-electron chi connectivity index (χ4n) is 0.667. The van der Waals surface area contributed by atoms with Crippen molar-refractivity contribution in [2.45, 2.75) is 39.8 Å². The van der Waals surface area contributed by atoms with Gasteiger partial charge in [-0.1, -0.05) is 27.7 Å². The van der Waals surface area contributed by atoms with Gasteiger partial charge in [0.25, 0.3) is 0 Å². The molecule has 0 unspecified atom stereocenters. The Labute approximate surface area is 66.5 Å². The van der Waals surface area contributed by atoms with E-state index in [-0.39, 0.29) is 0 Å². The predicted molar refractivity (Wildman–Crippen MR) is 45.6 cm³/mol. The first-order valence-corrected chi connectivity index (χ1v) is 4.03. The Bertz CT molecular complexity index is 70.1. The molecule has 0 aliphatic heterocycles. The summed E-state index contributed by atoms with van der Waals surface area (Å²) in [6.07, 6.45) is 0. The molecule has 0 fully saturated rings. The summed E-state index contributed by atoms with van der Waals surface area (Å²) in [6, 6.07) is 1.25. The summed E-state index contributed by atoms with van der Waals surface area (Å²) in [5.74, 6) is 0. The lowest BCUT2D eigenvalue weighted by atomic mass is 10.3. The molecule has 4 heteroatoms. The molecule has 0 spiro atoms. The molecule has 0 saturated heterocycles.